The summed E-state index contributed by atoms with van der Waals surface area (Å²) in [5.74, 6) is 0.691. The molecule has 3 fully saturated rings. The van der Waals surface area contributed by atoms with E-state index in [4.69, 9.17) is 4.74 Å². The molecule has 3 aliphatic rings. The van der Waals surface area contributed by atoms with Crippen LogP contribution < -0.4 is 5.32 Å². The van der Waals surface area contributed by atoms with Gasteiger partial charge in [-0.15, -0.1) is 0 Å². The largest absolute Gasteiger partial charge is 0.377 e. The van der Waals surface area contributed by atoms with Crippen LogP contribution >= 0.6 is 0 Å². The molecule has 0 radical (unpaired) electrons. The molecule has 4 rings (SSSR count). The Hall–Kier alpha value is -1.43. The molecule has 1 N–H and O–H groups in total. The number of likely N-dealkylation sites (N-methyl/N-ethyl adjacent to an activating group) is 1. The molecule has 5 nitrogen and oxygen atoms in total. The number of nitrogens with zero attached hydrogens (tertiary/aromatic N) is 2. The molecule has 1 aromatic rings. The zero-order valence-corrected chi connectivity index (χ0v) is 15.8. The Morgan fingerprint density at radius 2 is 2.08 bits per heavy atom. The molecule has 5 heteroatoms. The Labute approximate surface area is 156 Å². The van der Waals surface area contributed by atoms with Crippen LogP contribution in [0.15, 0.2) is 30.3 Å². The monoisotopic (exact) mass is 357 g/mol. The highest BCUT2D eigenvalue weighted by Crippen LogP contribution is 2.45. The highest BCUT2D eigenvalue weighted by molar-refractivity contribution is 5.77. The normalized spacial score (nSPS) is 32.5. The minimum absolute atomic E-state index is 0.117. The summed E-state index contributed by atoms with van der Waals surface area (Å²) in [6.45, 7) is 6.72. The zero-order chi connectivity index (χ0) is 18.0. The van der Waals surface area contributed by atoms with Gasteiger partial charge in [-0.2, -0.15) is 0 Å². The Kier molecular flexibility index (Phi) is 5.30. The first-order chi connectivity index (χ1) is 12.7. The Morgan fingerprint density at radius 1 is 1.27 bits per heavy atom. The van der Waals surface area contributed by atoms with Gasteiger partial charge in [0.15, 0.2) is 0 Å². The van der Waals surface area contributed by atoms with Crippen LogP contribution in [0.2, 0.25) is 0 Å². The van der Waals surface area contributed by atoms with Gasteiger partial charge in [-0.25, -0.2) is 0 Å². The first-order valence-corrected chi connectivity index (χ1v) is 10.0. The van der Waals surface area contributed by atoms with Gasteiger partial charge in [0.25, 0.3) is 0 Å². The number of hydrogen-bond acceptors (Lipinski definition) is 4. The van der Waals surface area contributed by atoms with Crippen molar-refractivity contribution in [3.8, 4) is 0 Å². The van der Waals surface area contributed by atoms with Crippen LogP contribution in [0.25, 0.3) is 0 Å². The average molecular weight is 357 g/mol. The maximum atomic E-state index is 11.8. The van der Waals surface area contributed by atoms with Crippen LogP contribution in [0.4, 0.5) is 0 Å². The first-order valence-electron chi connectivity index (χ1n) is 10.0. The standard InChI is InChI=1S/C21H31N3O2/c1-22-20(25)15-23-10-9-21(17-6-3-2-4-7-17)16-24(13-18(21)12-23)14-19-8-5-11-26-19/h2-4,6-7,18-19H,5,8-16H2,1H3,(H,22,25). The van der Waals surface area contributed by atoms with Gasteiger partial charge in [-0.05, 0) is 37.3 Å². The highest BCUT2D eigenvalue weighted by Gasteiger charge is 2.50. The van der Waals surface area contributed by atoms with Crippen LogP contribution in [-0.4, -0.2) is 74.7 Å². The fourth-order valence-corrected chi connectivity index (χ4v) is 5.24. The van der Waals surface area contributed by atoms with Crippen molar-refractivity contribution in [2.45, 2.75) is 30.8 Å². The van der Waals surface area contributed by atoms with E-state index in [0.29, 0.717) is 18.6 Å². The number of fused-ring (bicyclic) bond motifs is 1. The number of ether oxygens (including phenoxy) is 1. The minimum atomic E-state index is 0.117. The molecule has 0 bridgehead atoms. The lowest BCUT2D eigenvalue weighted by Gasteiger charge is -2.44. The van der Waals surface area contributed by atoms with Crippen molar-refractivity contribution in [3.05, 3.63) is 35.9 Å². The first kappa shape index (κ1) is 18.0. The number of rotatable bonds is 5. The number of piperidine rings is 1. The number of hydrogen-bond donors (Lipinski definition) is 1. The molecule has 0 saturated carbocycles. The summed E-state index contributed by atoms with van der Waals surface area (Å²) in [6, 6.07) is 11.0. The van der Waals surface area contributed by atoms with Gasteiger partial charge in [0.05, 0.1) is 12.6 Å². The number of likely N-dealkylation sites (tertiary alicyclic amines) is 2. The van der Waals surface area contributed by atoms with Crippen molar-refractivity contribution in [2.75, 3.05) is 52.9 Å². The quantitative estimate of drug-likeness (QED) is 0.867. The molecular formula is C21H31N3O2. The fourth-order valence-electron chi connectivity index (χ4n) is 5.24. The second-order valence-electron chi connectivity index (χ2n) is 8.21. The molecule has 142 valence electrons. The molecular weight excluding hydrogens is 326 g/mol. The maximum Gasteiger partial charge on any atom is 0.233 e. The molecule has 3 atom stereocenters. The topological polar surface area (TPSA) is 44.8 Å². The van der Waals surface area contributed by atoms with E-state index in [1.165, 1.54) is 18.4 Å². The van der Waals surface area contributed by atoms with E-state index in [0.717, 1.165) is 45.8 Å². The molecule has 0 spiro atoms. The molecule has 26 heavy (non-hydrogen) atoms. The highest BCUT2D eigenvalue weighted by atomic mass is 16.5. The SMILES string of the molecule is CNC(=O)CN1CCC2(c3ccccc3)CN(CC3CCCO3)CC2C1. The third-order valence-corrected chi connectivity index (χ3v) is 6.60. The minimum Gasteiger partial charge on any atom is -0.377 e. The van der Waals surface area contributed by atoms with Crippen molar-refractivity contribution in [2.24, 2.45) is 5.92 Å². The van der Waals surface area contributed by atoms with E-state index in [9.17, 15) is 4.79 Å². The molecule has 1 amide bonds. The number of benzene rings is 1. The van der Waals surface area contributed by atoms with Gasteiger partial charge in [0.1, 0.15) is 0 Å². The zero-order valence-electron chi connectivity index (χ0n) is 15.8. The predicted octanol–water partition coefficient (Wildman–Crippen LogP) is 1.49. The van der Waals surface area contributed by atoms with E-state index in [-0.39, 0.29) is 11.3 Å². The third kappa shape index (κ3) is 3.53. The van der Waals surface area contributed by atoms with Crippen molar-refractivity contribution in [1.82, 2.24) is 15.1 Å². The van der Waals surface area contributed by atoms with Crippen LogP contribution in [0.3, 0.4) is 0 Å². The van der Waals surface area contributed by atoms with Crippen LogP contribution in [0.1, 0.15) is 24.8 Å². The summed E-state index contributed by atoms with van der Waals surface area (Å²) in [4.78, 5) is 16.8. The average Bonchev–Trinajstić information content (AvgIpc) is 3.30. The lowest BCUT2D eigenvalue weighted by Crippen LogP contribution is -2.51. The maximum absolute atomic E-state index is 11.8. The molecule has 0 aliphatic carbocycles. The van der Waals surface area contributed by atoms with Crippen LogP contribution in [-0.2, 0) is 14.9 Å². The number of carbonyl (C=O) groups is 1. The molecule has 3 aliphatic heterocycles. The predicted molar refractivity (Wildman–Crippen MR) is 102 cm³/mol. The summed E-state index contributed by atoms with van der Waals surface area (Å²) in [6.07, 6.45) is 3.93. The van der Waals surface area contributed by atoms with E-state index in [1.54, 1.807) is 7.05 Å². The molecule has 3 unspecified atom stereocenters. The smallest absolute Gasteiger partial charge is 0.233 e. The second-order valence-corrected chi connectivity index (χ2v) is 8.21. The van der Waals surface area contributed by atoms with Crippen molar-refractivity contribution < 1.29 is 9.53 Å². The van der Waals surface area contributed by atoms with Crippen molar-refractivity contribution in [3.63, 3.8) is 0 Å². The summed E-state index contributed by atoms with van der Waals surface area (Å²) < 4.78 is 5.89. The van der Waals surface area contributed by atoms with Gasteiger partial charge >= 0.3 is 0 Å². The van der Waals surface area contributed by atoms with Gasteiger partial charge in [0.2, 0.25) is 5.91 Å². The number of amides is 1. The number of nitrogens with one attached hydrogen (secondary N) is 1. The molecule has 3 heterocycles. The number of carbonyl (C=O) groups excluding carboxylic acids is 1. The Morgan fingerprint density at radius 3 is 2.81 bits per heavy atom. The Balaban J connectivity index is 1.52. The summed E-state index contributed by atoms with van der Waals surface area (Å²) in [5.41, 5.74) is 1.69. The van der Waals surface area contributed by atoms with Gasteiger partial charge in [-0.1, -0.05) is 30.3 Å². The van der Waals surface area contributed by atoms with E-state index < -0.39 is 0 Å². The summed E-state index contributed by atoms with van der Waals surface area (Å²) in [7, 11) is 1.72. The molecule has 3 saturated heterocycles. The van der Waals surface area contributed by atoms with Crippen LogP contribution in [0.5, 0.6) is 0 Å². The second kappa shape index (κ2) is 7.67. The fraction of sp³-hybridized carbons (Fsp3) is 0.667. The van der Waals surface area contributed by atoms with E-state index >= 15 is 0 Å². The summed E-state index contributed by atoms with van der Waals surface area (Å²) >= 11 is 0. The van der Waals surface area contributed by atoms with E-state index in [1.807, 2.05) is 0 Å². The van der Waals surface area contributed by atoms with Gasteiger partial charge < -0.3 is 10.1 Å². The van der Waals surface area contributed by atoms with Crippen LogP contribution in [0, 0.1) is 5.92 Å². The molecule has 0 aromatic heterocycles. The van der Waals surface area contributed by atoms with Gasteiger partial charge in [-0.3, -0.25) is 14.6 Å². The van der Waals surface area contributed by atoms with E-state index in [2.05, 4.69) is 45.4 Å². The molecule has 1 aromatic carbocycles. The third-order valence-electron chi connectivity index (χ3n) is 6.60. The Bertz CT molecular complexity index is 617. The summed E-state index contributed by atoms with van der Waals surface area (Å²) in [5, 5.41) is 2.76. The lowest BCUT2D eigenvalue weighted by molar-refractivity contribution is -0.122. The van der Waals surface area contributed by atoms with Gasteiger partial charge in [0, 0.05) is 45.2 Å². The lowest BCUT2D eigenvalue weighted by atomic mass is 9.68. The van der Waals surface area contributed by atoms with Crippen molar-refractivity contribution >= 4 is 5.91 Å². The van der Waals surface area contributed by atoms with Crippen molar-refractivity contribution in [1.29, 1.82) is 0 Å².